The van der Waals surface area contributed by atoms with Gasteiger partial charge >= 0.3 is 0 Å². The number of carbonyl (C=O) groups is 1. The summed E-state index contributed by atoms with van der Waals surface area (Å²) in [5.41, 5.74) is -0.322. The minimum absolute atomic E-state index is 0.223. The van der Waals surface area contributed by atoms with Gasteiger partial charge in [0.2, 0.25) is 5.91 Å². The zero-order valence-electron chi connectivity index (χ0n) is 9.60. The highest BCUT2D eigenvalue weighted by Gasteiger charge is 2.22. The Labute approximate surface area is 102 Å². The first kappa shape index (κ1) is 12.9. The Balaban J connectivity index is 2.08. The van der Waals surface area contributed by atoms with E-state index in [2.05, 4.69) is 10.6 Å². The molecular weight excluding hydrogens is 245 g/mol. The molecule has 98 valence electrons. The van der Waals surface area contributed by atoms with Crippen LogP contribution in [0.5, 0.6) is 0 Å². The summed E-state index contributed by atoms with van der Waals surface area (Å²) in [6.07, 6.45) is 1.30. The van der Waals surface area contributed by atoms with Gasteiger partial charge in [0.15, 0.2) is 11.6 Å². The van der Waals surface area contributed by atoms with Crippen LogP contribution in [0.15, 0.2) is 12.1 Å². The van der Waals surface area contributed by atoms with Gasteiger partial charge in [0.1, 0.15) is 5.82 Å². The van der Waals surface area contributed by atoms with Crippen molar-refractivity contribution >= 4 is 11.6 Å². The second-order valence-corrected chi connectivity index (χ2v) is 4.26. The number of amides is 1. The molecule has 0 saturated carbocycles. The van der Waals surface area contributed by atoms with Crippen molar-refractivity contribution in [1.82, 2.24) is 5.32 Å². The Morgan fingerprint density at radius 3 is 2.39 bits per heavy atom. The van der Waals surface area contributed by atoms with Crippen molar-refractivity contribution in [2.75, 3.05) is 18.4 Å². The molecule has 0 aromatic heterocycles. The molecule has 1 fully saturated rings. The van der Waals surface area contributed by atoms with E-state index in [1.54, 1.807) is 0 Å². The Hall–Kier alpha value is -1.56. The molecule has 6 heteroatoms. The van der Waals surface area contributed by atoms with Crippen LogP contribution in [0, 0.1) is 23.4 Å². The van der Waals surface area contributed by atoms with Crippen LogP contribution >= 0.6 is 0 Å². The molecule has 0 atom stereocenters. The van der Waals surface area contributed by atoms with E-state index in [0.29, 0.717) is 25.0 Å². The second-order valence-electron chi connectivity index (χ2n) is 4.26. The van der Waals surface area contributed by atoms with Crippen LogP contribution in [0.25, 0.3) is 0 Å². The van der Waals surface area contributed by atoms with E-state index in [4.69, 9.17) is 0 Å². The van der Waals surface area contributed by atoms with Crippen molar-refractivity contribution in [3.8, 4) is 0 Å². The van der Waals surface area contributed by atoms with Gasteiger partial charge in [-0.2, -0.15) is 0 Å². The van der Waals surface area contributed by atoms with Gasteiger partial charge in [0.25, 0.3) is 0 Å². The van der Waals surface area contributed by atoms with Crippen LogP contribution in [0.2, 0.25) is 0 Å². The van der Waals surface area contributed by atoms with Gasteiger partial charge in [-0.1, -0.05) is 0 Å². The van der Waals surface area contributed by atoms with E-state index in [1.807, 2.05) is 0 Å². The molecule has 1 aromatic carbocycles. The number of halogens is 3. The first-order valence-corrected chi connectivity index (χ1v) is 5.74. The number of hydrogen-bond donors (Lipinski definition) is 2. The van der Waals surface area contributed by atoms with Gasteiger partial charge in [-0.3, -0.25) is 4.79 Å². The average molecular weight is 258 g/mol. The van der Waals surface area contributed by atoms with Crippen LogP contribution in [0.1, 0.15) is 12.8 Å². The Bertz CT molecular complexity index is 459. The molecule has 1 amide bonds. The molecule has 1 heterocycles. The zero-order chi connectivity index (χ0) is 13.1. The van der Waals surface area contributed by atoms with E-state index >= 15 is 0 Å². The summed E-state index contributed by atoms with van der Waals surface area (Å²) < 4.78 is 39.0. The molecule has 0 unspecified atom stereocenters. The van der Waals surface area contributed by atoms with E-state index in [1.165, 1.54) is 0 Å². The quantitative estimate of drug-likeness (QED) is 0.797. The maximum Gasteiger partial charge on any atom is 0.227 e. The third-order valence-corrected chi connectivity index (χ3v) is 2.98. The first-order chi connectivity index (χ1) is 8.58. The van der Waals surface area contributed by atoms with Crippen molar-refractivity contribution in [3.05, 3.63) is 29.6 Å². The monoisotopic (exact) mass is 258 g/mol. The summed E-state index contributed by atoms with van der Waals surface area (Å²) in [7, 11) is 0. The lowest BCUT2D eigenvalue weighted by Gasteiger charge is -2.21. The van der Waals surface area contributed by atoms with Crippen LogP contribution < -0.4 is 10.6 Å². The highest BCUT2D eigenvalue weighted by molar-refractivity contribution is 5.92. The summed E-state index contributed by atoms with van der Waals surface area (Å²) in [5, 5.41) is 5.40. The SMILES string of the molecule is O=C(Nc1cc(F)c(F)cc1F)C1CCNCC1. The summed E-state index contributed by atoms with van der Waals surface area (Å²) in [6.45, 7) is 1.44. The van der Waals surface area contributed by atoms with Gasteiger partial charge in [0.05, 0.1) is 5.69 Å². The maximum absolute atomic E-state index is 13.3. The van der Waals surface area contributed by atoms with E-state index in [-0.39, 0.29) is 17.5 Å². The predicted octanol–water partition coefficient (Wildman–Crippen LogP) is 2.04. The number of benzene rings is 1. The summed E-state index contributed by atoms with van der Waals surface area (Å²) >= 11 is 0. The lowest BCUT2D eigenvalue weighted by molar-refractivity contribution is -0.120. The number of anilines is 1. The van der Waals surface area contributed by atoms with Gasteiger partial charge in [0, 0.05) is 18.1 Å². The van der Waals surface area contributed by atoms with Crippen LogP contribution in [0.3, 0.4) is 0 Å². The molecule has 1 saturated heterocycles. The Morgan fingerprint density at radius 2 is 1.72 bits per heavy atom. The van der Waals surface area contributed by atoms with Crippen molar-refractivity contribution in [3.63, 3.8) is 0 Å². The molecule has 1 aromatic rings. The third-order valence-electron chi connectivity index (χ3n) is 2.98. The summed E-state index contributed by atoms with van der Waals surface area (Å²) in [4.78, 5) is 11.8. The van der Waals surface area contributed by atoms with Gasteiger partial charge < -0.3 is 10.6 Å². The lowest BCUT2D eigenvalue weighted by atomic mass is 9.97. The molecule has 0 radical (unpaired) electrons. The molecule has 2 rings (SSSR count). The molecule has 1 aliphatic heterocycles. The fraction of sp³-hybridized carbons (Fsp3) is 0.417. The fourth-order valence-electron chi connectivity index (χ4n) is 1.94. The number of rotatable bonds is 2. The zero-order valence-corrected chi connectivity index (χ0v) is 9.60. The third kappa shape index (κ3) is 2.81. The van der Waals surface area contributed by atoms with Gasteiger partial charge in [-0.25, -0.2) is 13.2 Å². The summed E-state index contributed by atoms with van der Waals surface area (Å²) in [5.74, 6) is -4.01. The van der Waals surface area contributed by atoms with Crippen LogP contribution in [0.4, 0.5) is 18.9 Å². The van der Waals surface area contributed by atoms with E-state index in [0.717, 1.165) is 13.1 Å². The Kier molecular flexibility index (Phi) is 3.86. The molecule has 0 spiro atoms. The van der Waals surface area contributed by atoms with E-state index in [9.17, 15) is 18.0 Å². The average Bonchev–Trinajstić information content (AvgIpc) is 2.37. The van der Waals surface area contributed by atoms with Crippen LogP contribution in [-0.4, -0.2) is 19.0 Å². The number of carbonyl (C=O) groups excluding carboxylic acids is 1. The van der Waals surface area contributed by atoms with Crippen molar-refractivity contribution in [1.29, 1.82) is 0 Å². The minimum Gasteiger partial charge on any atom is -0.323 e. The number of piperidine rings is 1. The minimum atomic E-state index is -1.27. The highest BCUT2D eigenvalue weighted by atomic mass is 19.2. The van der Waals surface area contributed by atoms with Gasteiger partial charge in [-0.15, -0.1) is 0 Å². The summed E-state index contributed by atoms with van der Waals surface area (Å²) in [6, 6.07) is 1.08. The molecule has 18 heavy (non-hydrogen) atoms. The topological polar surface area (TPSA) is 41.1 Å². The molecule has 1 aliphatic rings. The Morgan fingerprint density at radius 1 is 1.11 bits per heavy atom. The molecule has 0 bridgehead atoms. The molecule has 0 aliphatic carbocycles. The normalized spacial score (nSPS) is 16.6. The van der Waals surface area contributed by atoms with Crippen molar-refractivity contribution in [2.24, 2.45) is 5.92 Å². The van der Waals surface area contributed by atoms with Crippen molar-refractivity contribution in [2.45, 2.75) is 12.8 Å². The van der Waals surface area contributed by atoms with E-state index < -0.39 is 17.5 Å². The predicted molar refractivity (Wildman–Crippen MR) is 60.5 cm³/mol. The maximum atomic E-state index is 13.3. The highest BCUT2D eigenvalue weighted by Crippen LogP contribution is 2.20. The molecular formula is C12H13F3N2O. The number of nitrogens with one attached hydrogen (secondary N) is 2. The number of hydrogen-bond acceptors (Lipinski definition) is 2. The first-order valence-electron chi connectivity index (χ1n) is 5.74. The standard InChI is InChI=1S/C12H13F3N2O/c13-8-5-10(15)11(6-9(8)14)17-12(18)7-1-3-16-4-2-7/h5-7,16H,1-4H2,(H,17,18). The lowest BCUT2D eigenvalue weighted by Crippen LogP contribution is -2.34. The van der Waals surface area contributed by atoms with Gasteiger partial charge in [-0.05, 0) is 25.9 Å². The smallest absolute Gasteiger partial charge is 0.227 e. The molecule has 3 nitrogen and oxygen atoms in total. The fourth-order valence-corrected chi connectivity index (χ4v) is 1.94. The largest absolute Gasteiger partial charge is 0.323 e. The second kappa shape index (κ2) is 5.39. The molecule has 2 N–H and O–H groups in total. The van der Waals surface area contributed by atoms with Crippen LogP contribution in [-0.2, 0) is 4.79 Å². The van der Waals surface area contributed by atoms with Crippen molar-refractivity contribution < 1.29 is 18.0 Å².